The maximum atomic E-state index is 12.8. The number of methoxy groups -OCH3 is 1. The SMILES string of the molecule is COC1(C)CN(c2ccc(S(=O)(=O)N3CCN(C)CC3)cc2[N+](=O)[O-])C1. The molecule has 144 valence electrons. The number of hydrogen-bond donors (Lipinski definition) is 0. The number of nitrogens with zero attached hydrogens (tertiary/aromatic N) is 4. The van der Waals surface area contributed by atoms with Gasteiger partial charge in [-0.05, 0) is 26.1 Å². The Balaban J connectivity index is 1.88. The summed E-state index contributed by atoms with van der Waals surface area (Å²) >= 11 is 0. The van der Waals surface area contributed by atoms with Crippen molar-refractivity contribution in [3.8, 4) is 0 Å². The summed E-state index contributed by atoms with van der Waals surface area (Å²) in [5, 5.41) is 11.5. The topological polar surface area (TPSA) is 96.2 Å². The Morgan fingerprint density at radius 2 is 1.81 bits per heavy atom. The van der Waals surface area contributed by atoms with Crippen molar-refractivity contribution in [3.05, 3.63) is 28.3 Å². The summed E-state index contributed by atoms with van der Waals surface area (Å²) in [5.74, 6) is 0. The molecule has 0 atom stereocenters. The van der Waals surface area contributed by atoms with Crippen molar-refractivity contribution >= 4 is 21.4 Å². The van der Waals surface area contributed by atoms with Gasteiger partial charge in [-0.3, -0.25) is 10.1 Å². The number of piperazine rings is 1. The molecule has 0 amide bonds. The molecule has 2 heterocycles. The van der Waals surface area contributed by atoms with E-state index in [9.17, 15) is 18.5 Å². The van der Waals surface area contributed by atoms with Gasteiger partial charge in [0.2, 0.25) is 10.0 Å². The summed E-state index contributed by atoms with van der Waals surface area (Å²) in [6.45, 7) is 5.02. The van der Waals surface area contributed by atoms with E-state index in [0.717, 1.165) is 0 Å². The Morgan fingerprint density at radius 1 is 1.19 bits per heavy atom. The van der Waals surface area contributed by atoms with Gasteiger partial charge in [0.15, 0.2) is 0 Å². The molecule has 0 N–H and O–H groups in total. The van der Waals surface area contributed by atoms with Crippen LogP contribution in [0.3, 0.4) is 0 Å². The predicted octanol–water partition coefficient (Wildman–Crippen LogP) is 0.756. The number of likely N-dealkylation sites (N-methyl/N-ethyl adjacent to an activating group) is 1. The number of benzene rings is 1. The van der Waals surface area contributed by atoms with Crippen LogP contribution in [0.2, 0.25) is 0 Å². The molecular formula is C16H24N4O5S. The van der Waals surface area contributed by atoms with Crippen molar-refractivity contribution in [1.82, 2.24) is 9.21 Å². The first kappa shape index (κ1) is 19.0. The summed E-state index contributed by atoms with van der Waals surface area (Å²) < 4.78 is 32.4. The van der Waals surface area contributed by atoms with E-state index in [4.69, 9.17) is 4.74 Å². The zero-order chi connectivity index (χ0) is 19.1. The highest BCUT2D eigenvalue weighted by Gasteiger charge is 2.41. The zero-order valence-electron chi connectivity index (χ0n) is 15.2. The predicted molar refractivity (Wildman–Crippen MR) is 97.0 cm³/mol. The molecule has 0 radical (unpaired) electrons. The number of sulfonamides is 1. The lowest BCUT2D eigenvalue weighted by Crippen LogP contribution is -2.61. The van der Waals surface area contributed by atoms with Crippen molar-refractivity contribution in [2.75, 3.05) is 58.3 Å². The van der Waals surface area contributed by atoms with Crippen molar-refractivity contribution in [3.63, 3.8) is 0 Å². The highest BCUT2D eigenvalue weighted by molar-refractivity contribution is 7.89. The lowest BCUT2D eigenvalue weighted by atomic mass is 9.95. The molecule has 10 heteroatoms. The van der Waals surface area contributed by atoms with Crippen molar-refractivity contribution < 1.29 is 18.1 Å². The Labute approximate surface area is 153 Å². The summed E-state index contributed by atoms with van der Waals surface area (Å²) in [7, 11) is -0.198. The summed E-state index contributed by atoms with van der Waals surface area (Å²) in [5.41, 5.74) is -0.112. The first-order chi connectivity index (χ1) is 12.2. The maximum Gasteiger partial charge on any atom is 0.293 e. The van der Waals surface area contributed by atoms with E-state index in [0.29, 0.717) is 45.0 Å². The van der Waals surface area contributed by atoms with E-state index >= 15 is 0 Å². The largest absolute Gasteiger partial charge is 0.375 e. The second-order valence-corrected chi connectivity index (χ2v) is 9.06. The maximum absolute atomic E-state index is 12.8. The molecule has 0 spiro atoms. The Bertz CT molecular complexity index is 799. The van der Waals surface area contributed by atoms with Gasteiger partial charge in [-0.2, -0.15) is 4.31 Å². The molecule has 0 unspecified atom stereocenters. The van der Waals surface area contributed by atoms with Crippen LogP contribution in [0.4, 0.5) is 11.4 Å². The zero-order valence-corrected chi connectivity index (χ0v) is 16.0. The first-order valence-electron chi connectivity index (χ1n) is 8.43. The van der Waals surface area contributed by atoms with Gasteiger partial charge in [0.25, 0.3) is 5.69 Å². The minimum atomic E-state index is -3.74. The average molecular weight is 384 g/mol. The fourth-order valence-corrected chi connectivity index (χ4v) is 4.76. The molecule has 2 saturated heterocycles. The minimum absolute atomic E-state index is 0.0347. The van der Waals surface area contributed by atoms with E-state index in [-0.39, 0.29) is 16.2 Å². The van der Waals surface area contributed by atoms with E-state index in [1.807, 2.05) is 23.8 Å². The van der Waals surface area contributed by atoms with Crippen LogP contribution in [0.5, 0.6) is 0 Å². The third kappa shape index (κ3) is 3.41. The number of anilines is 1. The monoisotopic (exact) mass is 384 g/mol. The van der Waals surface area contributed by atoms with E-state index < -0.39 is 14.9 Å². The Kier molecular flexibility index (Phi) is 4.95. The first-order valence-corrected chi connectivity index (χ1v) is 9.87. The molecule has 2 fully saturated rings. The van der Waals surface area contributed by atoms with Gasteiger partial charge >= 0.3 is 0 Å². The Hall–Kier alpha value is -1.75. The van der Waals surface area contributed by atoms with Gasteiger partial charge in [-0.1, -0.05) is 0 Å². The number of rotatable bonds is 5. The fraction of sp³-hybridized carbons (Fsp3) is 0.625. The molecule has 2 aliphatic heterocycles. The van der Waals surface area contributed by atoms with Gasteiger partial charge in [0.1, 0.15) is 5.69 Å². The van der Waals surface area contributed by atoms with Crippen LogP contribution < -0.4 is 4.90 Å². The van der Waals surface area contributed by atoms with Crippen molar-refractivity contribution in [2.45, 2.75) is 17.4 Å². The molecule has 26 heavy (non-hydrogen) atoms. The smallest absolute Gasteiger partial charge is 0.293 e. The molecule has 9 nitrogen and oxygen atoms in total. The molecule has 0 saturated carbocycles. The normalized spacial score (nSPS) is 21.4. The van der Waals surface area contributed by atoms with E-state index in [1.54, 1.807) is 7.11 Å². The van der Waals surface area contributed by atoms with Crippen LogP contribution in [0.1, 0.15) is 6.92 Å². The molecule has 1 aromatic carbocycles. The Morgan fingerprint density at radius 3 is 2.35 bits per heavy atom. The van der Waals surface area contributed by atoms with Crippen LogP contribution in [0.25, 0.3) is 0 Å². The lowest BCUT2D eigenvalue weighted by molar-refractivity contribution is -0.384. The van der Waals surface area contributed by atoms with Crippen LogP contribution in [0, 0.1) is 10.1 Å². The molecule has 1 aromatic rings. The second kappa shape index (κ2) is 6.76. The molecule has 3 rings (SSSR count). The highest BCUT2D eigenvalue weighted by atomic mass is 32.2. The third-order valence-corrected chi connectivity index (χ3v) is 7.02. The van der Waals surface area contributed by atoms with E-state index in [2.05, 4.69) is 0 Å². The van der Waals surface area contributed by atoms with Gasteiger partial charge in [0, 0.05) is 52.4 Å². The highest BCUT2D eigenvalue weighted by Crippen LogP contribution is 2.37. The number of nitro benzene ring substituents is 1. The van der Waals surface area contributed by atoms with Gasteiger partial charge in [-0.15, -0.1) is 0 Å². The second-order valence-electron chi connectivity index (χ2n) is 7.13. The van der Waals surface area contributed by atoms with E-state index in [1.165, 1.54) is 22.5 Å². The fourth-order valence-electron chi connectivity index (χ4n) is 3.32. The van der Waals surface area contributed by atoms with Crippen molar-refractivity contribution in [1.29, 1.82) is 0 Å². The van der Waals surface area contributed by atoms with Gasteiger partial charge < -0.3 is 14.5 Å². The summed E-state index contributed by atoms with van der Waals surface area (Å²) in [6, 6.07) is 4.15. The number of ether oxygens (including phenoxy) is 1. The number of nitro groups is 1. The minimum Gasteiger partial charge on any atom is -0.375 e. The summed E-state index contributed by atoms with van der Waals surface area (Å²) in [6.07, 6.45) is 0. The van der Waals surface area contributed by atoms with Crippen LogP contribution in [-0.4, -0.2) is 81.6 Å². The number of hydrogen-bond acceptors (Lipinski definition) is 7. The lowest BCUT2D eigenvalue weighted by Gasteiger charge is -2.47. The van der Waals surface area contributed by atoms with Crippen molar-refractivity contribution in [2.24, 2.45) is 0 Å². The molecular weight excluding hydrogens is 360 g/mol. The molecule has 0 aromatic heterocycles. The van der Waals surface area contributed by atoms with Gasteiger partial charge in [0.05, 0.1) is 15.4 Å². The quantitative estimate of drug-likeness (QED) is 0.546. The average Bonchev–Trinajstić information content (AvgIpc) is 2.58. The summed E-state index contributed by atoms with van der Waals surface area (Å²) in [4.78, 5) is 14.8. The third-order valence-electron chi connectivity index (χ3n) is 5.13. The van der Waals surface area contributed by atoms with Crippen LogP contribution >= 0.6 is 0 Å². The van der Waals surface area contributed by atoms with Gasteiger partial charge in [-0.25, -0.2) is 8.42 Å². The molecule has 2 aliphatic rings. The molecule has 0 bridgehead atoms. The molecule has 0 aliphatic carbocycles. The standard InChI is InChI=1S/C16H24N4O5S/c1-16(25-3)11-18(12-16)14-5-4-13(10-15(14)20(21)22)26(23,24)19-8-6-17(2)7-9-19/h4-5,10H,6-9,11-12H2,1-3H3. The van der Waals surface area contributed by atoms with Crippen LogP contribution in [-0.2, 0) is 14.8 Å². The van der Waals surface area contributed by atoms with Crippen LogP contribution in [0.15, 0.2) is 23.1 Å².